The maximum absolute atomic E-state index is 4.25. The summed E-state index contributed by atoms with van der Waals surface area (Å²) in [6.45, 7) is 5.39. The molecular weight excluding hydrogens is 258 g/mol. The first-order valence-electron chi connectivity index (χ1n) is 7.75. The maximum atomic E-state index is 4.25. The van der Waals surface area contributed by atoms with Gasteiger partial charge in [0.1, 0.15) is 0 Å². The van der Waals surface area contributed by atoms with Crippen LogP contribution >= 0.6 is 0 Å². The highest BCUT2D eigenvalue weighted by atomic mass is 15.2. The Morgan fingerprint density at radius 2 is 2.10 bits per heavy atom. The monoisotopic (exact) mass is 281 g/mol. The summed E-state index contributed by atoms with van der Waals surface area (Å²) in [6, 6.07) is 15.5. The largest absolute Gasteiger partial charge is 0.381 e. The Balaban J connectivity index is 1.58. The van der Waals surface area contributed by atoms with Gasteiger partial charge in [-0.25, -0.2) is 0 Å². The Morgan fingerprint density at radius 3 is 2.90 bits per heavy atom. The molecule has 2 aromatic rings. The van der Waals surface area contributed by atoms with Gasteiger partial charge in [-0.2, -0.15) is 0 Å². The second-order valence-electron chi connectivity index (χ2n) is 5.89. The SMILES string of the molecule is Cc1cc(NC2CCCN(Cc3ccccc3)C2)ccn1. The van der Waals surface area contributed by atoms with Crippen LogP contribution in [-0.2, 0) is 6.54 Å². The number of rotatable bonds is 4. The molecule has 0 radical (unpaired) electrons. The summed E-state index contributed by atoms with van der Waals surface area (Å²) in [7, 11) is 0. The van der Waals surface area contributed by atoms with Gasteiger partial charge in [-0.1, -0.05) is 30.3 Å². The number of piperidine rings is 1. The number of nitrogens with zero attached hydrogens (tertiary/aromatic N) is 2. The standard InChI is InChI=1S/C18H23N3/c1-15-12-17(9-10-19-15)20-18-8-5-11-21(14-18)13-16-6-3-2-4-7-16/h2-4,6-7,9-10,12,18H,5,8,11,13-14H2,1H3,(H,19,20). The van der Waals surface area contributed by atoms with Crippen LogP contribution in [0.3, 0.4) is 0 Å². The fourth-order valence-electron chi connectivity index (χ4n) is 3.03. The molecule has 110 valence electrons. The highest BCUT2D eigenvalue weighted by Crippen LogP contribution is 2.18. The van der Waals surface area contributed by atoms with Crippen LogP contribution in [0.15, 0.2) is 48.7 Å². The number of aryl methyl sites for hydroxylation is 1. The van der Waals surface area contributed by atoms with E-state index in [1.807, 2.05) is 13.1 Å². The van der Waals surface area contributed by atoms with E-state index < -0.39 is 0 Å². The van der Waals surface area contributed by atoms with E-state index in [-0.39, 0.29) is 0 Å². The molecule has 3 heteroatoms. The number of hydrogen-bond acceptors (Lipinski definition) is 3. The van der Waals surface area contributed by atoms with Crippen molar-refractivity contribution in [2.45, 2.75) is 32.4 Å². The lowest BCUT2D eigenvalue weighted by Gasteiger charge is -2.33. The van der Waals surface area contributed by atoms with Gasteiger partial charge in [0.2, 0.25) is 0 Å². The zero-order chi connectivity index (χ0) is 14.5. The molecule has 3 rings (SSSR count). The van der Waals surface area contributed by atoms with Crippen molar-refractivity contribution in [2.24, 2.45) is 0 Å². The van der Waals surface area contributed by atoms with Crippen LogP contribution in [0.2, 0.25) is 0 Å². The number of pyridine rings is 1. The summed E-state index contributed by atoms with van der Waals surface area (Å²) < 4.78 is 0. The van der Waals surface area contributed by atoms with E-state index >= 15 is 0 Å². The third-order valence-electron chi connectivity index (χ3n) is 4.02. The summed E-state index contributed by atoms with van der Waals surface area (Å²) in [5.74, 6) is 0. The number of likely N-dealkylation sites (tertiary alicyclic amines) is 1. The molecule has 1 aromatic heterocycles. The number of aromatic nitrogens is 1. The van der Waals surface area contributed by atoms with E-state index in [0.29, 0.717) is 6.04 Å². The molecule has 1 aliphatic heterocycles. The zero-order valence-electron chi connectivity index (χ0n) is 12.6. The van der Waals surface area contributed by atoms with Crippen molar-refractivity contribution in [2.75, 3.05) is 18.4 Å². The number of anilines is 1. The minimum absolute atomic E-state index is 0.532. The molecule has 0 saturated carbocycles. The lowest BCUT2D eigenvalue weighted by Crippen LogP contribution is -2.41. The molecule has 2 heterocycles. The molecule has 1 unspecified atom stereocenters. The smallest absolute Gasteiger partial charge is 0.0393 e. The average Bonchev–Trinajstić information content (AvgIpc) is 2.49. The number of hydrogen-bond donors (Lipinski definition) is 1. The molecule has 21 heavy (non-hydrogen) atoms. The van der Waals surface area contributed by atoms with Crippen LogP contribution < -0.4 is 5.32 Å². The predicted molar refractivity (Wildman–Crippen MR) is 87.3 cm³/mol. The van der Waals surface area contributed by atoms with Crippen LogP contribution in [0.5, 0.6) is 0 Å². The van der Waals surface area contributed by atoms with Gasteiger partial charge in [-0.3, -0.25) is 9.88 Å². The van der Waals surface area contributed by atoms with E-state index in [1.165, 1.54) is 30.6 Å². The fourth-order valence-corrected chi connectivity index (χ4v) is 3.03. The van der Waals surface area contributed by atoms with Crippen molar-refractivity contribution in [1.82, 2.24) is 9.88 Å². The quantitative estimate of drug-likeness (QED) is 0.930. The summed E-state index contributed by atoms with van der Waals surface area (Å²) in [5.41, 5.74) is 3.66. The highest BCUT2D eigenvalue weighted by molar-refractivity contribution is 5.44. The van der Waals surface area contributed by atoms with Gasteiger partial charge >= 0.3 is 0 Å². The maximum Gasteiger partial charge on any atom is 0.0393 e. The van der Waals surface area contributed by atoms with Crippen molar-refractivity contribution in [3.63, 3.8) is 0 Å². The van der Waals surface area contributed by atoms with Gasteiger partial charge in [-0.15, -0.1) is 0 Å². The Kier molecular flexibility index (Phi) is 4.51. The molecule has 3 nitrogen and oxygen atoms in total. The minimum atomic E-state index is 0.532. The lowest BCUT2D eigenvalue weighted by molar-refractivity contribution is 0.208. The average molecular weight is 281 g/mol. The second kappa shape index (κ2) is 6.72. The molecule has 0 bridgehead atoms. The van der Waals surface area contributed by atoms with E-state index in [1.54, 1.807) is 0 Å². The van der Waals surface area contributed by atoms with Crippen LogP contribution in [0.25, 0.3) is 0 Å². The topological polar surface area (TPSA) is 28.2 Å². The molecule has 1 atom stereocenters. The Bertz CT molecular complexity index is 568. The van der Waals surface area contributed by atoms with Gasteiger partial charge in [-0.05, 0) is 44.0 Å². The molecule has 1 fully saturated rings. The Labute approximate surface area is 127 Å². The molecule has 1 saturated heterocycles. The van der Waals surface area contributed by atoms with Crippen molar-refractivity contribution in [1.29, 1.82) is 0 Å². The number of nitrogens with one attached hydrogen (secondary N) is 1. The third-order valence-corrected chi connectivity index (χ3v) is 4.02. The van der Waals surface area contributed by atoms with Gasteiger partial charge in [0.05, 0.1) is 0 Å². The van der Waals surface area contributed by atoms with Gasteiger partial charge in [0.15, 0.2) is 0 Å². The van der Waals surface area contributed by atoms with E-state index in [2.05, 4.69) is 57.7 Å². The van der Waals surface area contributed by atoms with Gasteiger partial charge < -0.3 is 5.32 Å². The summed E-state index contributed by atoms with van der Waals surface area (Å²) in [4.78, 5) is 6.80. The van der Waals surface area contributed by atoms with E-state index in [0.717, 1.165) is 18.8 Å². The van der Waals surface area contributed by atoms with Crippen molar-refractivity contribution < 1.29 is 0 Å². The first-order valence-corrected chi connectivity index (χ1v) is 7.75. The van der Waals surface area contributed by atoms with Crippen molar-refractivity contribution >= 4 is 5.69 Å². The van der Waals surface area contributed by atoms with Crippen LogP contribution in [0.4, 0.5) is 5.69 Å². The molecule has 1 aromatic carbocycles. The highest BCUT2D eigenvalue weighted by Gasteiger charge is 2.19. The molecule has 0 aliphatic carbocycles. The van der Waals surface area contributed by atoms with Gasteiger partial charge in [0, 0.05) is 36.7 Å². The first kappa shape index (κ1) is 14.1. The van der Waals surface area contributed by atoms with Crippen molar-refractivity contribution in [3.8, 4) is 0 Å². The number of benzene rings is 1. The lowest BCUT2D eigenvalue weighted by atomic mass is 10.0. The second-order valence-corrected chi connectivity index (χ2v) is 5.89. The van der Waals surface area contributed by atoms with Crippen LogP contribution in [0.1, 0.15) is 24.1 Å². The van der Waals surface area contributed by atoms with E-state index in [9.17, 15) is 0 Å². The molecule has 0 amide bonds. The first-order chi connectivity index (χ1) is 10.3. The Hall–Kier alpha value is -1.87. The normalized spacial score (nSPS) is 19.4. The summed E-state index contributed by atoms with van der Waals surface area (Å²) in [5, 5.41) is 3.66. The zero-order valence-corrected chi connectivity index (χ0v) is 12.6. The minimum Gasteiger partial charge on any atom is -0.381 e. The molecular formula is C18H23N3. The molecule has 1 aliphatic rings. The fraction of sp³-hybridized carbons (Fsp3) is 0.389. The summed E-state index contributed by atoms with van der Waals surface area (Å²) in [6.07, 6.45) is 4.38. The third kappa shape index (κ3) is 4.05. The Morgan fingerprint density at radius 1 is 1.24 bits per heavy atom. The van der Waals surface area contributed by atoms with Crippen molar-refractivity contribution in [3.05, 3.63) is 59.9 Å². The van der Waals surface area contributed by atoms with E-state index in [4.69, 9.17) is 0 Å². The molecule has 0 spiro atoms. The summed E-state index contributed by atoms with van der Waals surface area (Å²) >= 11 is 0. The van der Waals surface area contributed by atoms with Gasteiger partial charge in [0.25, 0.3) is 0 Å². The van der Waals surface area contributed by atoms with Crippen LogP contribution in [-0.4, -0.2) is 29.0 Å². The predicted octanol–water partition coefficient (Wildman–Crippen LogP) is 3.47. The molecule has 1 N–H and O–H groups in total. The van der Waals surface area contributed by atoms with Crippen LogP contribution in [0, 0.1) is 6.92 Å².